The first-order valence-corrected chi connectivity index (χ1v) is 10.3. The zero-order chi connectivity index (χ0) is 18.4. The maximum absolute atomic E-state index is 12.2. The van der Waals surface area contributed by atoms with E-state index in [1.807, 2.05) is 4.90 Å². The van der Waals surface area contributed by atoms with Crippen LogP contribution in [0.3, 0.4) is 0 Å². The summed E-state index contributed by atoms with van der Waals surface area (Å²) < 4.78 is 25.1. The molecule has 1 heterocycles. The topological polar surface area (TPSA) is 95.6 Å². The van der Waals surface area contributed by atoms with E-state index in [-0.39, 0.29) is 24.8 Å². The summed E-state index contributed by atoms with van der Waals surface area (Å²) in [5.74, 6) is -0.272. The van der Waals surface area contributed by atoms with Crippen LogP contribution in [0.4, 0.5) is 5.69 Å². The molecular weight excluding hydrogens is 342 g/mol. The number of benzene rings is 1. The van der Waals surface area contributed by atoms with Crippen molar-refractivity contribution in [2.24, 2.45) is 0 Å². The van der Waals surface area contributed by atoms with Crippen LogP contribution in [0.25, 0.3) is 0 Å². The van der Waals surface area contributed by atoms with Gasteiger partial charge >= 0.3 is 0 Å². The zero-order valence-corrected chi connectivity index (χ0v) is 15.5. The molecular formula is C17H25N3O4S. The molecule has 0 atom stereocenters. The van der Waals surface area contributed by atoms with Gasteiger partial charge in [0.1, 0.15) is 0 Å². The number of rotatable bonds is 6. The van der Waals surface area contributed by atoms with Crippen LogP contribution in [0, 0.1) is 6.92 Å². The minimum Gasteiger partial charge on any atom is -0.352 e. The minimum absolute atomic E-state index is 0.0586. The third-order valence-electron chi connectivity index (χ3n) is 4.13. The minimum atomic E-state index is -3.41. The van der Waals surface area contributed by atoms with Gasteiger partial charge < -0.3 is 10.2 Å². The van der Waals surface area contributed by atoms with E-state index >= 15 is 0 Å². The lowest BCUT2D eigenvalue weighted by molar-refractivity contribution is -0.131. The quantitative estimate of drug-likeness (QED) is 0.796. The van der Waals surface area contributed by atoms with Crippen LogP contribution in [0.1, 0.15) is 41.6 Å². The largest absolute Gasteiger partial charge is 0.352 e. The summed E-state index contributed by atoms with van der Waals surface area (Å²) in [4.78, 5) is 26.1. The first kappa shape index (κ1) is 19.2. The Kier molecular flexibility index (Phi) is 6.41. The smallest absolute Gasteiger partial charge is 0.251 e. The number of aryl methyl sites for hydroxylation is 1. The van der Waals surface area contributed by atoms with Gasteiger partial charge in [-0.25, -0.2) is 8.42 Å². The van der Waals surface area contributed by atoms with Crippen molar-refractivity contribution >= 4 is 27.5 Å². The number of hydrogen-bond donors (Lipinski definition) is 2. The first-order valence-electron chi connectivity index (χ1n) is 8.41. The lowest BCUT2D eigenvalue weighted by Crippen LogP contribution is -2.37. The molecule has 7 nitrogen and oxygen atoms in total. The van der Waals surface area contributed by atoms with Crippen molar-refractivity contribution in [2.75, 3.05) is 30.6 Å². The van der Waals surface area contributed by atoms with Gasteiger partial charge in [0, 0.05) is 31.6 Å². The second-order valence-electron chi connectivity index (χ2n) is 6.35. The van der Waals surface area contributed by atoms with Crippen LogP contribution < -0.4 is 10.0 Å². The highest BCUT2D eigenvalue weighted by atomic mass is 32.2. The van der Waals surface area contributed by atoms with Gasteiger partial charge in [0.2, 0.25) is 15.9 Å². The third-order valence-corrected chi connectivity index (χ3v) is 4.72. The molecule has 1 aromatic rings. The first-order chi connectivity index (χ1) is 11.8. The van der Waals surface area contributed by atoms with E-state index in [1.54, 1.807) is 19.1 Å². The van der Waals surface area contributed by atoms with Crippen LogP contribution in [0.5, 0.6) is 0 Å². The number of amides is 2. The molecule has 0 saturated carbocycles. The van der Waals surface area contributed by atoms with E-state index in [1.165, 1.54) is 6.07 Å². The maximum Gasteiger partial charge on any atom is 0.251 e. The van der Waals surface area contributed by atoms with Gasteiger partial charge in [0.25, 0.3) is 5.91 Å². The highest BCUT2D eigenvalue weighted by Crippen LogP contribution is 2.18. The van der Waals surface area contributed by atoms with Gasteiger partial charge in [0.05, 0.1) is 11.9 Å². The molecule has 8 heteroatoms. The van der Waals surface area contributed by atoms with E-state index in [9.17, 15) is 18.0 Å². The second kappa shape index (κ2) is 8.33. The Labute approximate surface area is 148 Å². The van der Waals surface area contributed by atoms with Crippen LogP contribution >= 0.6 is 0 Å². The van der Waals surface area contributed by atoms with Gasteiger partial charge in [-0.15, -0.1) is 0 Å². The van der Waals surface area contributed by atoms with Crippen molar-refractivity contribution < 1.29 is 18.0 Å². The fraction of sp³-hybridized carbons (Fsp3) is 0.529. The van der Waals surface area contributed by atoms with Crippen molar-refractivity contribution in [3.05, 3.63) is 29.3 Å². The molecule has 1 aliphatic heterocycles. The summed E-state index contributed by atoms with van der Waals surface area (Å²) in [6, 6.07) is 4.81. The van der Waals surface area contributed by atoms with Crippen molar-refractivity contribution in [1.82, 2.24) is 10.2 Å². The number of piperidine rings is 1. The summed E-state index contributed by atoms with van der Waals surface area (Å²) in [5.41, 5.74) is 1.45. The molecule has 0 aromatic heterocycles. The maximum atomic E-state index is 12.2. The Balaban J connectivity index is 1.90. The SMILES string of the molecule is Cc1ccc(C(=O)NCCC(=O)N2CCCCC2)cc1NS(C)(=O)=O. The van der Waals surface area contributed by atoms with Crippen molar-refractivity contribution in [1.29, 1.82) is 0 Å². The van der Waals surface area contributed by atoms with Crippen molar-refractivity contribution in [3.63, 3.8) is 0 Å². The van der Waals surface area contributed by atoms with E-state index in [0.29, 0.717) is 11.3 Å². The molecule has 0 spiro atoms. The average molecular weight is 367 g/mol. The fourth-order valence-electron chi connectivity index (χ4n) is 2.76. The Morgan fingerprint density at radius 3 is 2.48 bits per heavy atom. The Morgan fingerprint density at radius 2 is 1.84 bits per heavy atom. The highest BCUT2D eigenvalue weighted by Gasteiger charge is 2.16. The molecule has 0 radical (unpaired) electrons. The van der Waals surface area contributed by atoms with Crippen LogP contribution in [-0.4, -0.2) is 51.0 Å². The van der Waals surface area contributed by atoms with Gasteiger partial charge in [-0.05, 0) is 43.9 Å². The summed E-state index contributed by atoms with van der Waals surface area (Å²) in [5, 5.41) is 2.71. The highest BCUT2D eigenvalue weighted by molar-refractivity contribution is 7.92. The average Bonchev–Trinajstić information content (AvgIpc) is 2.56. The van der Waals surface area contributed by atoms with E-state index in [4.69, 9.17) is 0 Å². The number of likely N-dealkylation sites (tertiary alicyclic amines) is 1. The van der Waals surface area contributed by atoms with E-state index in [0.717, 1.165) is 44.2 Å². The number of nitrogens with zero attached hydrogens (tertiary/aromatic N) is 1. The van der Waals surface area contributed by atoms with Gasteiger partial charge in [0.15, 0.2) is 0 Å². The molecule has 0 aliphatic carbocycles. The van der Waals surface area contributed by atoms with Gasteiger partial charge in [-0.1, -0.05) is 6.07 Å². The Bertz CT molecular complexity index is 740. The van der Waals surface area contributed by atoms with Crippen molar-refractivity contribution in [2.45, 2.75) is 32.6 Å². The molecule has 2 N–H and O–H groups in total. The van der Waals surface area contributed by atoms with Crippen molar-refractivity contribution in [3.8, 4) is 0 Å². The molecule has 1 aromatic carbocycles. The summed E-state index contributed by atoms with van der Waals surface area (Å²) in [6.45, 7) is 3.61. The number of nitrogens with one attached hydrogen (secondary N) is 2. The standard InChI is InChI=1S/C17H25N3O4S/c1-13-6-7-14(12-15(13)19-25(2,23)24)17(22)18-9-8-16(21)20-10-4-3-5-11-20/h6-7,12,19H,3-5,8-11H2,1-2H3,(H,18,22). The van der Waals surface area contributed by atoms with Crippen LogP contribution in [0.2, 0.25) is 0 Å². The van der Waals surface area contributed by atoms with Gasteiger partial charge in [-0.2, -0.15) is 0 Å². The molecule has 0 unspecified atom stereocenters. The third kappa shape index (κ3) is 6.04. The van der Waals surface area contributed by atoms with Gasteiger partial charge in [-0.3, -0.25) is 14.3 Å². The Morgan fingerprint density at radius 1 is 1.16 bits per heavy atom. The predicted molar refractivity (Wildman–Crippen MR) is 97.0 cm³/mol. The molecule has 2 rings (SSSR count). The van der Waals surface area contributed by atoms with Crippen LogP contribution in [0.15, 0.2) is 18.2 Å². The molecule has 1 saturated heterocycles. The summed E-state index contributed by atoms with van der Waals surface area (Å²) in [6.07, 6.45) is 4.57. The normalized spacial score (nSPS) is 14.9. The monoisotopic (exact) mass is 367 g/mol. The number of hydrogen-bond acceptors (Lipinski definition) is 4. The second-order valence-corrected chi connectivity index (χ2v) is 8.10. The molecule has 1 fully saturated rings. The number of sulfonamides is 1. The van der Waals surface area contributed by atoms with Crippen LogP contribution in [-0.2, 0) is 14.8 Å². The molecule has 138 valence electrons. The van der Waals surface area contributed by atoms with E-state index < -0.39 is 10.0 Å². The lowest BCUT2D eigenvalue weighted by Gasteiger charge is -2.26. The number of anilines is 1. The predicted octanol–water partition coefficient (Wildman–Crippen LogP) is 1.50. The number of carbonyl (C=O) groups is 2. The molecule has 2 amide bonds. The molecule has 25 heavy (non-hydrogen) atoms. The summed E-state index contributed by atoms with van der Waals surface area (Å²) >= 11 is 0. The zero-order valence-electron chi connectivity index (χ0n) is 14.7. The Hall–Kier alpha value is -2.09. The fourth-order valence-corrected chi connectivity index (χ4v) is 3.38. The lowest BCUT2D eigenvalue weighted by atomic mass is 10.1. The van der Waals surface area contributed by atoms with E-state index in [2.05, 4.69) is 10.0 Å². The number of carbonyl (C=O) groups excluding carboxylic acids is 2. The molecule has 1 aliphatic rings. The summed E-state index contributed by atoms with van der Waals surface area (Å²) in [7, 11) is -3.41. The molecule has 0 bridgehead atoms.